The van der Waals surface area contributed by atoms with Crippen LogP contribution in [-0.4, -0.2) is 38.5 Å². The van der Waals surface area contributed by atoms with Gasteiger partial charge in [-0.05, 0) is 30.9 Å². The van der Waals surface area contributed by atoms with E-state index in [0.29, 0.717) is 11.1 Å². The van der Waals surface area contributed by atoms with Crippen LogP contribution < -0.4 is 10.6 Å². The van der Waals surface area contributed by atoms with Gasteiger partial charge < -0.3 is 5.32 Å². The number of para-hydroxylation sites is 1. The molecule has 8 heteroatoms. The van der Waals surface area contributed by atoms with Gasteiger partial charge in [0.05, 0.1) is 5.75 Å². The number of urea groups is 1. The molecule has 1 saturated carbocycles. The summed E-state index contributed by atoms with van der Waals surface area (Å²) < 4.78 is 1.81. The van der Waals surface area contributed by atoms with Crippen molar-refractivity contribution in [1.29, 1.82) is 0 Å². The monoisotopic (exact) mass is 373 g/mol. The molecule has 2 unspecified atom stereocenters. The zero-order chi connectivity index (χ0) is 18.4. The standard InChI is InChI=1S/C18H23N5O2S/c1-13-7-5-6-10-15(13)20-17(25)21-16(24)11-26-18-22-19-12-23(18)14-8-3-2-4-9-14/h2-4,8-9,12-13,15H,5-7,10-11H2,1H3,(H2,20,21,24,25). The fraction of sp³-hybridized carbons (Fsp3) is 0.444. The fourth-order valence-electron chi connectivity index (χ4n) is 3.12. The number of imide groups is 1. The molecule has 138 valence electrons. The van der Waals surface area contributed by atoms with Gasteiger partial charge in [0.1, 0.15) is 6.33 Å². The molecule has 2 atom stereocenters. The largest absolute Gasteiger partial charge is 0.335 e. The Bertz CT molecular complexity index is 749. The number of nitrogens with one attached hydrogen (secondary N) is 2. The average molecular weight is 373 g/mol. The summed E-state index contributed by atoms with van der Waals surface area (Å²) in [5.41, 5.74) is 0.921. The predicted octanol–water partition coefficient (Wildman–Crippen LogP) is 2.76. The SMILES string of the molecule is CC1CCCCC1NC(=O)NC(=O)CSc1nncn1-c1ccccc1. The lowest BCUT2D eigenvalue weighted by atomic mass is 9.86. The molecule has 0 aliphatic heterocycles. The minimum atomic E-state index is -0.418. The lowest BCUT2D eigenvalue weighted by Gasteiger charge is -2.29. The maximum absolute atomic E-state index is 12.1. The van der Waals surface area contributed by atoms with Crippen LogP contribution in [0.1, 0.15) is 32.6 Å². The highest BCUT2D eigenvalue weighted by Crippen LogP contribution is 2.23. The number of carbonyl (C=O) groups excluding carboxylic acids is 2. The molecule has 7 nitrogen and oxygen atoms in total. The van der Waals surface area contributed by atoms with Crippen molar-refractivity contribution < 1.29 is 9.59 Å². The van der Waals surface area contributed by atoms with Gasteiger partial charge in [0.2, 0.25) is 5.91 Å². The Kier molecular flexibility index (Phi) is 6.27. The van der Waals surface area contributed by atoms with Crippen molar-refractivity contribution in [2.75, 3.05) is 5.75 Å². The third-order valence-electron chi connectivity index (χ3n) is 4.56. The molecule has 3 rings (SSSR count). The molecule has 1 aliphatic rings. The first-order valence-electron chi connectivity index (χ1n) is 8.82. The molecule has 1 aromatic carbocycles. The fourth-order valence-corrected chi connectivity index (χ4v) is 3.85. The summed E-state index contributed by atoms with van der Waals surface area (Å²) in [5, 5.41) is 13.9. The number of nitrogens with zero attached hydrogens (tertiary/aromatic N) is 3. The molecule has 1 aromatic heterocycles. The Morgan fingerprint density at radius 2 is 2.00 bits per heavy atom. The van der Waals surface area contributed by atoms with Crippen molar-refractivity contribution in [2.45, 2.75) is 43.8 Å². The van der Waals surface area contributed by atoms with E-state index in [1.54, 1.807) is 6.33 Å². The average Bonchev–Trinajstić information content (AvgIpc) is 3.11. The molecule has 1 fully saturated rings. The first kappa shape index (κ1) is 18.4. The zero-order valence-electron chi connectivity index (χ0n) is 14.7. The molecule has 1 heterocycles. The topological polar surface area (TPSA) is 88.9 Å². The Morgan fingerprint density at radius 3 is 2.77 bits per heavy atom. The van der Waals surface area contributed by atoms with Crippen molar-refractivity contribution in [3.05, 3.63) is 36.7 Å². The summed E-state index contributed by atoms with van der Waals surface area (Å²) in [7, 11) is 0. The Hall–Kier alpha value is -2.35. The number of carbonyl (C=O) groups is 2. The van der Waals surface area contributed by atoms with Crippen LogP contribution in [0, 0.1) is 5.92 Å². The first-order valence-corrected chi connectivity index (χ1v) is 9.80. The highest BCUT2D eigenvalue weighted by Gasteiger charge is 2.23. The number of thioether (sulfide) groups is 1. The number of hydrogen-bond acceptors (Lipinski definition) is 5. The van der Waals surface area contributed by atoms with Crippen molar-refractivity contribution in [3.8, 4) is 5.69 Å². The molecule has 2 N–H and O–H groups in total. The van der Waals surface area contributed by atoms with Gasteiger partial charge in [0, 0.05) is 11.7 Å². The van der Waals surface area contributed by atoms with Crippen molar-refractivity contribution in [1.82, 2.24) is 25.4 Å². The Labute approximate surface area is 157 Å². The van der Waals surface area contributed by atoms with E-state index in [1.807, 2.05) is 34.9 Å². The van der Waals surface area contributed by atoms with Gasteiger partial charge in [-0.2, -0.15) is 0 Å². The summed E-state index contributed by atoms with van der Waals surface area (Å²) in [5.74, 6) is 0.195. The van der Waals surface area contributed by atoms with E-state index in [0.717, 1.165) is 24.9 Å². The Morgan fingerprint density at radius 1 is 1.23 bits per heavy atom. The second-order valence-corrected chi connectivity index (χ2v) is 7.44. The summed E-state index contributed by atoms with van der Waals surface area (Å²) in [6, 6.07) is 9.38. The van der Waals surface area contributed by atoms with Crippen LogP contribution in [0.4, 0.5) is 4.79 Å². The van der Waals surface area contributed by atoms with Crippen LogP contribution >= 0.6 is 11.8 Å². The van der Waals surface area contributed by atoms with Gasteiger partial charge in [-0.15, -0.1) is 10.2 Å². The quantitative estimate of drug-likeness (QED) is 0.787. The zero-order valence-corrected chi connectivity index (χ0v) is 15.5. The lowest BCUT2D eigenvalue weighted by molar-refractivity contribution is -0.117. The van der Waals surface area contributed by atoms with Crippen LogP contribution in [-0.2, 0) is 4.79 Å². The first-order chi connectivity index (χ1) is 12.6. The molecule has 0 radical (unpaired) electrons. The number of amides is 3. The van der Waals surface area contributed by atoms with E-state index in [-0.39, 0.29) is 17.7 Å². The van der Waals surface area contributed by atoms with Gasteiger partial charge in [-0.3, -0.25) is 14.7 Å². The molecule has 0 bridgehead atoms. The Balaban J connectivity index is 1.49. The third kappa shape index (κ3) is 4.85. The minimum Gasteiger partial charge on any atom is -0.335 e. The number of hydrogen-bond donors (Lipinski definition) is 2. The number of aromatic nitrogens is 3. The third-order valence-corrected chi connectivity index (χ3v) is 5.51. The molecule has 0 spiro atoms. The normalized spacial score (nSPS) is 19.7. The van der Waals surface area contributed by atoms with Crippen LogP contribution in [0.5, 0.6) is 0 Å². The molecule has 3 amide bonds. The van der Waals surface area contributed by atoms with E-state index < -0.39 is 6.03 Å². The molecule has 26 heavy (non-hydrogen) atoms. The maximum Gasteiger partial charge on any atom is 0.321 e. The summed E-state index contributed by atoms with van der Waals surface area (Å²) in [6.45, 7) is 2.14. The van der Waals surface area contributed by atoms with Crippen LogP contribution in [0.2, 0.25) is 0 Å². The van der Waals surface area contributed by atoms with E-state index in [1.165, 1.54) is 18.2 Å². The van der Waals surface area contributed by atoms with Crippen LogP contribution in [0.15, 0.2) is 41.8 Å². The van der Waals surface area contributed by atoms with Crippen molar-refractivity contribution in [3.63, 3.8) is 0 Å². The van der Waals surface area contributed by atoms with Gasteiger partial charge in [0.15, 0.2) is 5.16 Å². The lowest BCUT2D eigenvalue weighted by Crippen LogP contribution is -2.48. The number of benzene rings is 1. The van der Waals surface area contributed by atoms with E-state index in [2.05, 4.69) is 27.8 Å². The van der Waals surface area contributed by atoms with Gasteiger partial charge >= 0.3 is 6.03 Å². The second kappa shape index (κ2) is 8.84. The minimum absolute atomic E-state index is 0.0964. The molecular formula is C18H23N5O2S. The predicted molar refractivity (Wildman–Crippen MR) is 100 cm³/mol. The maximum atomic E-state index is 12.1. The second-order valence-electron chi connectivity index (χ2n) is 6.50. The highest BCUT2D eigenvalue weighted by molar-refractivity contribution is 7.99. The smallest absolute Gasteiger partial charge is 0.321 e. The molecule has 1 aliphatic carbocycles. The number of rotatable bonds is 5. The van der Waals surface area contributed by atoms with Gasteiger partial charge in [-0.1, -0.05) is 49.7 Å². The summed E-state index contributed by atoms with van der Waals surface area (Å²) >= 11 is 1.24. The molecule has 2 aromatic rings. The van der Waals surface area contributed by atoms with Crippen molar-refractivity contribution >= 4 is 23.7 Å². The van der Waals surface area contributed by atoms with Gasteiger partial charge in [-0.25, -0.2) is 4.79 Å². The van der Waals surface area contributed by atoms with Crippen LogP contribution in [0.25, 0.3) is 5.69 Å². The molecular weight excluding hydrogens is 350 g/mol. The summed E-state index contributed by atoms with van der Waals surface area (Å²) in [6.07, 6.45) is 6.02. The summed E-state index contributed by atoms with van der Waals surface area (Å²) in [4.78, 5) is 24.1. The highest BCUT2D eigenvalue weighted by atomic mass is 32.2. The van der Waals surface area contributed by atoms with E-state index in [4.69, 9.17) is 0 Å². The van der Waals surface area contributed by atoms with E-state index >= 15 is 0 Å². The molecule has 0 saturated heterocycles. The van der Waals surface area contributed by atoms with E-state index in [9.17, 15) is 9.59 Å². The van der Waals surface area contributed by atoms with Gasteiger partial charge in [0.25, 0.3) is 0 Å². The van der Waals surface area contributed by atoms with Crippen molar-refractivity contribution in [2.24, 2.45) is 5.92 Å². The van der Waals surface area contributed by atoms with Crippen LogP contribution in [0.3, 0.4) is 0 Å².